The minimum atomic E-state index is -1.22. The number of hydrogen-bond acceptors (Lipinski definition) is 6. The van der Waals surface area contributed by atoms with Crippen molar-refractivity contribution in [2.45, 2.75) is 32.0 Å². The maximum Gasteiger partial charge on any atom is 0.408 e. The smallest absolute Gasteiger partial charge is 0.408 e. The molecule has 0 bridgehead atoms. The summed E-state index contributed by atoms with van der Waals surface area (Å²) in [5.41, 5.74) is 1.95. The van der Waals surface area contributed by atoms with E-state index in [0.29, 0.717) is 17.5 Å². The van der Waals surface area contributed by atoms with E-state index >= 15 is 0 Å². The summed E-state index contributed by atoms with van der Waals surface area (Å²) in [7, 11) is 1.66. The van der Waals surface area contributed by atoms with Gasteiger partial charge in [-0.2, -0.15) is 0 Å². The number of carbonyl (C=O) groups is 3. The van der Waals surface area contributed by atoms with E-state index in [2.05, 4.69) is 15.2 Å². The van der Waals surface area contributed by atoms with Crippen molar-refractivity contribution >= 4 is 18.3 Å². The van der Waals surface area contributed by atoms with Crippen molar-refractivity contribution in [3.8, 4) is 5.75 Å². The number of para-hydroxylation sites is 1. The van der Waals surface area contributed by atoms with E-state index in [1.807, 2.05) is 24.3 Å². The number of piperidine rings is 1. The summed E-state index contributed by atoms with van der Waals surface area (Å²) in [5, 5.41) is 12.4. The number of benzene rings is 1. The lowest BCUT2D eigenvalue weighted by Crippen LogP contribution is -2.48. The summed E-state index contributed by atoms with van der Waals surface area (Å²) in [4.78, 5) is 42.3. The Labute approximate surface area is 187 Å². The first kappa shape index (κ1) is 23.2. The molecule has 0 atom stereocenters. The number of amides is 2. The Balaban J connectivity index is 1.48. The molecular weight excluding hydrogens is 412 g/mol. The molecule has 2 amide bonds. The summed E-state index contributed by atoms with van der Waals surface area (Å²) in [6.07, 6.45) is 2.47. The number of rotatable bonds is 9. The van der Waals surface area contributed by atoms with Crippen LogP contribution in [0, 0.1) is 0 Å². The average molecular weight is 441 g/mol. The van der Waals surface area contributed by atoms with Crippen LogP contribution in [-0.4, -0.2) is 71.0 Å². The molecule has 9 nitrogen and oxygen atoms in total. The van der Waals surface area contributed by atoms with Crippen LogP contribution in [0.2, 0.25) is 0 Å². The van der Waals surface area contributed by atoms with Gasteiger partial charge in [0.15, 0.2) is 0 Å². The molecule has 1 aromatic carbocycles. The number of aromatic nitrogens is 1. The van der Waals surface area contributed by atoms with Crippen LogP contribution in [0.3, 0.4) is 0 Å². The number of nitrogens with zero attached hydrogens (tertiary/aromatic N) is 3. The fraction of sp³-hybridized carbons (Fsp3) is 0.391. The summed E-state index contributed by atoms with van der Waals surface area (Å²) in [6, 6.07) is 11.0. The molecular formula is C23H28N4O5. The second-order valence-corrected chi connectivity index (χ2v) is 7.77. The Morgan fingerprint density at radius 3 is 2.72 bits per heavy atom. The molecule has 9 heteroatoms. The molecule has 1 fully saturated rings. The molecule has 1 aliphatic rings. The molecule has 0 aliphatic carbocycles. The van der Waals surface area contributed by atoms with Crippen molar-refractivity contribution in [1.29, 1.82) is 0 Å². The Kier molecular flexibility index (Phi) is 8.15. The maximum atomic E-state index is 12.5. The highest BCUT2D eigenvalue weighted by atomic mass is 16.5. The second-order valence-electron chi connectivity index (χ2n) is 7.77. The van der Waals surface area contributed by atoms with Crippen LogP contribution in [0.25, 0.3) is 0 Å². The van der Waals surface area contributed by atoms with Crippen LogP contribution < -0.4 is 10.1 Å². The Hall–Kier alpha value is -3.46. The summed E-state index contributed by atoms with van der Waals surface area (Å²) < 4.78 is 5.41. The molecule has 2 aromatic rings. The van der Waals surface area contributed by atoms with E-state index in [4.69, 9.17) is 4.74 Å². The van der Waals surface area contributed by atoms with Crippen molar-refractivity contribution in [2.24, 2.45) is 0 Å². The summed E-state index contributed by atoms with van der Waals surface area (Å²) >= 11 is 0. The minimum absolute atomic E-state index is 0.00331. The van der Waals surface area contributed by atoms with Gasteiger partial charge in [0.05, 0.1) is 19.3 Å². The van der Waals surface area contributed by atoms with Crippen LogP contribution in [0.5, 0.6) is 5.75 Å². The number of hydrogen-bond donors (Lipinski definition) is 2. The van der Waals surface area contributed by atoms with Crippen molar-refractivity contribution in [1.82, 2.24) is 20.1 Å². The Morgan fingerprint density at radius 2 is 2.03 bits per heavy atom. The highest BCUT2D eigenvalue weighted by molar-refractivity contribution is 5.82. The number of ether oxygens (including phenoxy) is 1. The van der Waals surface area contributed by atoms with Gasteiger partial charge >= 0.3 is 6.09 Å². The normalized spacial score (nSPS) is 14.5. The molecule has 170 valence electrons. The first-order chi connectivity index (χ1) is 15.5. The number of nitrogens with one attached hydrogen (secondary N) is 1. The largest absolute Gasteiger partial charge is 0.496 e. The predicted molar refractivity (Wildman–Crippen MR) is 117 cm³/mol. The van der Waals surface area contributed by atoms with E-state index in [9.17, 15) is 19.5 Å². The van der Waals surface area contributed by atoms with Crippen LogP contribution in [-0.2, 0) is 17.9 Å². The first-order valence-electron chi connectivity index (χ1n) is 10.5. The molecule has 0 unspecified atom stereocenters. The number of carboxylic acid groups (broad SMARTS) is 1. The first-order valence-corrected chi connectivity index (χ1v) is 10.5. The topological polar surface area (TPSA) is 112 Å². The van der Waals surface area contributed by atoms with Crippen molar-refractivity contribution < 1.29 is 24.2 Å². The van der Waals surface area contributed by atoms with Gasteiger partial charge in [-0.15, -0.1) is 0 Å². The van der Waals surface area contributed by atoms with E-state index in [0.717, 1.165) is 48.7 Å². The lowest BCUT2D eigenvalue weighted by atomic mass is 10.0. The van der Waals surface area contributed by atoms with Crippen LogP contribution >= 0.6 is 0 Å². The van der Waals surface area contributed by atoms with Gasteiger partial charge in [-0.3, -0.25) is 24.4 Å². The average Bonchev–Trinajstić information content (AvgIpc) is 2.80. The molecule has 2 N–H and O–H groups in total. The molecule has 0 spiro atoms. The van der Waals surface area contributed by atoms with E-state index in [1.165, 1.54) is 18.3 Å². The van der Waals surface area contributed by atoms with E-state index in [-0.39, 0.29) is 25.0 Å². The Morgan fingerprint density at radius 1 is 1.28 bits per heavy atom. The number of pyridine rings is 1. The second kappa shape index (κ2) is 11.2. The third-order valence-corrected chi connectivity index (χ3v) is 5.47. The molecule has 32 heavy (non-hydrogen) atoms. The Bertz CT molecular complexity index is 943. The third-order valence-electron chi connectivity index (χ3n) is 5.47. The van der Waals surface area contributed by atoms with Crippen LogP contribution in [0.4, 0.5) is 4.79 Å². The minimum Gasteiger partial charge on any atom is -0.496 e. The van der Waals surface area contributed by atoms with Gasteiger partial charge in [-0.05, 0) is 31.0 Å². The quantitative estimate of drug-likeness (QED) is 0.575. The van der Waals surface area contributed by atoms with Gasteiger partial charge in [0.1, 0.15) is 18.6 Å². The zero-order valence-electron chi connectivity index (χ0n) is 18.1. The van der Waals surface area contributed by atoms with Crippen LogP contribution in [0.1, 0.15) is 34.5 Å². The van der Waals surface area contributed by atoms with Gasteiger partial charge in [0.25, 0.3) is 0 Å². The standard InChI is InChI=1S/C23H28N4O5/c1-32-21-5-3-2-4-18(21)13-26-10-7-19(8-11-26)25-22(29)15-27(23(30)31)14-20-12-17(16-28)6-9-24-20/h2-6,9,12,16,19H,7-8,10-11,13-15H2,1H3,(H,25,29)(H,30,31). The lowest BCUT2D eigenvalue weighted by molar-refractivity contribution is -0.123. The number of likely N-dealkylation sites (tertiary alicyclic amines) is 1. The fourth-order valence-electron chi connectivity index (χ4n) is 3.80. The molecule has 2 heterocycles. The maximum absolute atomic E-state index is 12.5. The predicted octanol–water partition coefficient (Wildman–Crippen LogP) is 2.16. The zero-order valence-corrected chi connectivity index (χ0v) is 18.1. The SMILES string of the molecule is COc1ccccc1CN1CCC(NC(=O)CN(Cc2cc(C=O)ccn2)C(=O)O)CC1. The number of methoxy groups -OCH3 is 1. The molecule has 1 aliphatic heterocycles. The van der Waals surface area contributed by atoms with Gasteiger partial charge in [0.2, 0.25) is 5.91 Å². The van der Waals surface area contributed by atoms with Crippen molar-refractivity contribution in [2.75, 3.05) is 26.7 Å². The molecule has 3 rings (SSSR count). The molecule has 1 aromatic heterocycles. The summed E-state index contributed by atoms with van der Waals surface area (Å²) in [6.45, 7) is 2.08. The van der Waals surface area contributed by atoms with Gasteiger partial charge in [-0.1, -0.05) is 18.2 Å². The monoisotopic (exact) mass is 440 g/mol. The number of aldehydes is 1. The molecule has 0 radical (unpaired) electrons. The van der Waals surface area contributed by atoms with Gasteiger partial charge < -0.3 is 15.2 Å². The molecule has 0 saturated carbocycles. The van der Waals surface area contributed by atoms with Crippen LogP contribution in [0.15, 0.2) is 42.6 Å². The van der Waals surface area contributed by atoms with Crippen molar-refractivity contribution in [3.05, 3.63) is 59.4 Å². The van der Waals surface area contributed by atoms with Gasteiger partial charge in [-0.25, -0.2) is 4.79 Å². The summed E-state index contributed by atoms with van der Waals surface area (Å²) in [5.74, 6) is 0.520. The highest BCUT2D eigenvalue weighted by Gasteiger charge is 2.23. The van der Waals surface area contributed by atoms with E-state index in [1.54, 1.807) is 7.11 Å². The zero-order chi connectivity index (χ0) is 22.9. The lowest BCUT2D eigenvalue weighted by Gasteiger charge is -2.33. The third kappa shape index (κ3) is 6.52. The number of carbonyl (C=O) groups excluding carboxylic acids is 2. The molecule has 1 saturated heterocycles. The highest BCUT2D eigenvalue weighted by Crippen LogP contribution is 2.21. The fourth-order valence-corrected chi connectivity index (χ4v) is 3.80. The van der Waals surface area contributed by atoms with Gasteiger partial charge in [0, 0.05) is 43.0 Å². The van der Waals surface area contributed by atoms with Crippen molar-refractivity contribution in [3.63, 3.8) is 0 Å². The van der Waals surface area contributed by atoms with E-state index < -0.39 is 6.09 Å².